The Morgan fingerprint density at radius 2 is 1.87 bits per heavy atom. The Labute approximate surface area is 181 Å². The van der Waals surface area contributed by atoms with E-state index in [9.17, 15) is 8.78 Å². The summed E-state index contributed by atoms with van der Waals surface area (Å²) in [6.07, 6.45) is 11.4. The van der Waals surface area contributed by atoms with E-state index < -0.39 is 18.2 Å². The van der Waals surface area contributed by atoms with Gasteiger partial charge in [-0.1, -0.05) is 24.3 Å². The molecule has 0 unspecified atom stereocenters. The van der Waals surface area contributed by atoms with Gasteiger partial charge in [0.15, 0.2) is 0 Å². The Balaban J connectivity index is 1.57. The van der Waals surface area contributed by atoms with E-state index in [4.69, 9.17) is 0 Å². The second-order valence-corrected chi connectivity index (χ2v) is 8.75. The van der Waals surface area contributed by atoms with E-state index in [1.807, 2.05) is 6.92 Å². The summed E-state index contributed by atoms with van der Waals surface area (Å²) in [5.41, 5.74) is 1.70. The number of hydrogen-bond acceptors (Lipinski definition) is 1. The second-order valence-electron chi connectivity index (χ2n) is 8.75. The number of halogens is 4. The maximum atomic E-state index is 15.5. The topological polar surface area (TPSA) is 9.23 Å². The molecule has 2 aliphatic rings. The molecular formula is C26H28F4O. The average Bonchev–Trinajstić information content (AvgIpc) is 2.74. The fourth-order valence-electron chi connectivity index (χ4n) is 5.51. The summed E-state index contributed by atoms with van der Waals surface area (Å²) in [5, 5.41) is 0. The first kappa shape index (κ1) is 21.9. The molecule has 0 spiro atoms. The zero-order valence-electron chi connectivity index (χ0n) is 17.7. The molecule has 1 fully saturated rings. The molecule has 0 aliphatic heterocycles. The summed E-state index contributed by atoms with van der Waals surface area (Å²) in [6.45, 7) is -0.896. The molecule has 4 rings (SSSR count). The summed E-state index contributed by atoms with van der Waals surface area (Å²) < 4.78 is 59.6. The van der Waals surface area contributed by atoms with Crippen LogP contribution >= 0.6 is 0 Å². The van der Waals surface area contributed by atoms with Crippen LogP contribution in [0.25, 0.3) is 11.1 Å². The molecule has 0 radical (unpaired) electrons. The number of alkyl halides is 2. The number of rotatable bonds is 6. The molecule has 0 amide bonds. The van der Waals surface area contributed by atoms with Gasteiger partial charge in [-0.15, -0.1) is 0 Å². The van der Waals surface area contributed by atoms with Gasteiger partial charge in [0.05, 0.1) is 5.56 Å². The van der Waals surface area contributed by atoms with Gasteiger partial charge >= 0.3 is 6.61 Å². The van der Waals surface area contributed by atoms with Crippen LogP contribution in [0.5, 0.6) is 5.75 Å². The molecule has 31 heavy (non-hydrogen) atoms. The summed E-state index contributed by atoms with van der Waals surface area (Å²) in [4.78, 5) is 0. The third-order valence-electron chi connectivity index (χ3n) is 6.96. The first-order valence-electron chi connectivity index (χ1n) is 11.1. The largest absolute Gasteiger partial charge is 0.435 e. The van der Waals surface area contributed by atoms with E-state index >= 15 is 8.78 Å². The van der Waals surface area contributed by atoms with Crippen LogP contribution in [-0.4, -0.2) is 6.61 Å². The summed E-state index contributed by atoms with van der Waals surface area (Å²) in [6, 6.07) is 6.99. The number of fused-ring (bicyclic) bond motifs is 3. The Bertz CT molecular complexity index is 935. The van der Waals surface area contributed by atoms with Crippen molar-refractivity contribution in [2.24, 2.45) is 11.8 Å². The molecule has 3 atom stereocenters. The highest BCUT2D eigenvalue weighted by molar-refractivity contribution is 5.68. The van der Waals surface area contributed by atoms with E-state index in [2.05, 4.69) is 16.9 Å². The quantitative estimate of drug-likeness (QED) is 0.332. The fraction of sp³-hybridized carbons (Fsp3) is 0.462. The lowest BCUT2D eigenvalue weighted by Gasteiger charge is -2.41. The van der Waals surface area contributed by atoms with Crippen molar-refractivity contribution in [3.05, 3.63) is 65.2 Å². The highest BCUT2D eigenvalue weighted by Gasteiger charge is 2.37. The second kappa shape index (κ2) is 9.46. The lowest BCUT2D eigenvalue weighted by Crippen LogP contribution is -2.29. The van der Waals surface area contributed by atoms with Crippen molar-refractivity contribution in [2.75, 3.05) is 0 Å². The Morgan fingerprint density at radius 3 is 2.58 bits per heavy atom. The van der Waals surface area contributed by atoms with Crippen LogP contribution in [0, 0.1) is 23.5 Å². The van der Waals surface area contributed by atoms with E-state index in [-0.39, 0.29) is 17.2 Å². The van der Waals surface area contributed by atoms with E-state index in [0.717, 1.165) is 37.7 Å². The van der Waals surface area contributed by atoms with Gasteiger partial charge in [-0.25, -0.2) is 8.78 Å². The predicted octanol–water partition coefficient (Wildman–Crippen LogP) is 8.04. The summed E-state index contributed by atoms with van der Waals surface area (Å²) >= 11 is 0. The van der Waals surface area contributed by atoms with Crippen LogP contribution < -0.4 is 4.74 Å². The number of hydrogen-bond donors (Lipinski definition) is 0. The van der Waals surface area contributed by atoms with Crippen molar-refractivity contribution in [3.63, 3.8) is 0 Å². The Hall–Kier alpha value is -2.30. The first-order valence-corrected chi connectivity index (χ1v) is 11.1. The molecule has 2 aromatic carbocycles. The van der Waals surface area contributed by atoms with Gasteiger partial charge < -0.3 is 4.74 Å². The minimum absolute atomic E-state index is 0.0356. The van der Waals surface area contributed by atoms with Crippen molar-refractivity contribution in [3.8, 4) is 16.9 Å². The highest BCUT2D eigenvalue weighted by atomic mass is 19.3. The monoisotopic (exact) mass is 432 g/mol. The summed E-state index contributed by atoms with van der Waals surface area (Å²) in [5.74, 6) is 0.281. The zero-order chi connectivity index (χ0) is 22.0. The van der Waals surface area contributed by atoms with Crippen molar-refractivity contribution < 1.29 is 22.3 Å². The molecule has 2 aliphatic carbocycles. The Morgan fingerprint density at radius 1 is 1.10 bits per heavy atom. The van der Waals surface area contributed by atoms with Gasteiger partial charge in [-0.2, -0.15) is 8.78 Å². The molecule has 166 valence electrons. The van der Waals surface area contributed by atoms with Crippen LogP contribution in [0.2, 0.25) is 0 Å². The normalized spacial score (nSPS) is 23.1. The van der Waals surface area contributed by atoms with Crippen LogP contribution in [0.4, 0.5) is 17.6 Å². The number of allylic oxidation sites excluding steroid dienone is 2. The lowest BCUT2D eigenvalue weighted by atomic mass is 9.64. The molecular weight excluding hydrogens is 404 g/mol. The Kier molecular flexibility index (Phi) is 6.68. The van der Waals surface area contributed by atoms with Gasteiger partial charge in [0.1, 0.15) is 17.4 Å². The smallest absolute Gasteiger partial charge is 0.387 e. The van der Waals surface area contributed by atoms with Crippen LogP contribution in [0.1, 0.15) is 62.5 Å². The van der Waals surface area contributed by atoms with E-state index in [1.165, 1.54) is 36.8 Å². The van der Waals surface area contributed by atoms with E-state index in [1.54, 1.807) is 0 Å². The minimum Gasteiger partial charge on any atom is -0.435 e. The van der Waals surface area contributed by atoms with Gasteiger partial charge in [0.2, 0.25) is 0 Å². The molecule has 0 saturated heterocycles. The maximum Gasteiger partial charge on any atom is 0.387 e. The number of benzene rings is 2. The first-order chi connectivity index (χ1) is 15.0. The van der Waals surface area contributed by atoms with Crippen molar-refractivity contribution in [2.45, 2.75) is 64.4 Å². The van der Waals surface area contributed by atoms with Crippen LogP contribution in [-0.2, 0) is 6.42 Å². The number of ether oxygens (including phenoxy) is 1. The third-order valence-corrected chi connectivity index (χ3v) is 6.96. The van der Waals surface area contributed by atoms with Gasteiger partial charge in [-0.3, -0.25) is 0 Å². The predicted molar refractivity (Wildman–Crippen MR) is 114 cm³/mol. The van der Waals surface area contributed by atoms with Crippen molar-refractivity contribution >= 4 is 0 Å². The van der Waals surface area contributed by atoms with Gasteiger partial charge in [0, 0.05) is 0 Å². The molecule has 1 nitrogen and oxygen atoms in total. The molecule has 2 aromatic rings. The van der Waals surface area contributed by atoms with Crippen molar-refractivity contribution in [1.29, 1.82) is 0 Å². The lowest BCUT2D eigenvalue weighted by molar-refractivity contribution is -0.0498. The van der Waals surface area contributed by atoms with Gasteiger partial charge in [0.25, 0.3) is 0 Å². The highest BCUT2D eigenvalue weighted by Crippen LogP contribution is 2.49. The average molecular weight is 433 g/mol. The maximum absolute atomic E-state index is 15.5. The standard InChI is InChI=1S/C26H28F4O/c1-2-3-4-5-16-6-12-20-18(14-16)9-13-21-22(20)15-23(27)24(25(21)28)17-7-10-19(11-8-17)31-26(29)30/h2-3,7-8,10-11,15-16,18,20,26H,4-6,9,12-14H2,1H3/b3-2+/t16-,18-,20+/m1/s1. The molecule has 0 aromatic heterocycles. The molecule has 5 heteroatoms. The van der Waals surface area contributed by atoms with Crippen LogP contribution in [0.15, 0.2) is 42.5 Å². The summed E-state index contributed by atoms with van der Waals surface area (Å²) in [7, 11) is 0. The minimum atomic E-state index is -2.94. The molecule has 0 bridgehead atoms. The molecule has 0 heterocycles. The van der Waals surface area contributed by atoms with E-state index in [0.29, 0.717) is 29.4 Å². The molecule has 0 N–H and O–H groups in total. The SMILES string of the molecule is C/C=C/CC[C@@H]1CC[C@@H]2c3cc(F)c(-c4ccc(OC(F)F)cc4)c(F)c3CC[C@@H]2C1. The fourth-order valence-corrected chi connectivity index (χ4v) is 5.51. The zero-order valence-corrected chi connectivity index (χ0v) is 17.7. The molecule has 1 saturated carbocycles. The third kappa shape index (κ3) is 4.65. The van der Waals surface area contributed by atoms with Crippen molar-refractivity contribution in [1.82, 2.24) is 0 Å². The van der Waals surface area contributed by atoms with Gasteiger partial charge in [-0.05, 0) is 105 Å². The van der Waals surface area contributed by atoms with Crippen LogP contribution in [0.3, 0.4) is 0 Å².